The zero-order chi connectivity index (χ0) is 14.1. The Hall–Kier alpha value is -1.42. The molecule has 0 aliphatic rings. The number of amides is 1. The van der Waals surface area contributed by atoms with Gasteiger partial charge in [0.05, 0.1) is 0 Å². The minimum absolute atomic E-state index is 0.0234. The van der Waals surface area contributed by atoms with Crippen molar-refractivity contribution in [2.45, 2.75) is 39.0 Å². The summed E-state index contributed by atoms with van der Waals surface area (Å²) in [5, 5.41) is 2.77. The molecular weight excluding hydrogens is 243 g/mol. The van der Waals surface area contributed by atoms with Crippen molar-refractivity contribution in [3.05, 3.63) is 30.1 Å². The van der Waals surface area contributed by atoms with Gasteiger partial charge in [0, 0.05) is 12.1 Å². The van der Waals surface area contributed by atoms with E-state index in [4.69, 9.17) is 5.73 Å². The third-order valence-electron chi connectivity index (χ3n) is 3.18. The van der Waals surface area contributed by atoms with Crippen LogP contribution in [0.5, 0.6) is 0 Å². The highest BCUT2D eigenvalue weighted by atomic mass is 19.1. The fourth-order valence-electron chi connectivity index (χ4n) is 2.17. The van der Waals surface area contributed by atoms with Crippen LogP contribution in [0, 0.1) is 11.7 Å². The summed E-state index contributed by atoms with van der Waals surface area (Å²) in [5.74, 6) is 0.197. The van der Waals surface area contributed by atoms with Crippen molar-refractivity contribution >= 4 is 11.6 Å². The topological polar surface area (TPSA) is 55.1 Å². The highest BCUT2D eigenvalue weighted by molar-refractivity contribution is 5.90. The lowest BCUT2D eigenvalue weighted by Crippen LogP contribution is -2.15. The van der Waals surface area contributed by atoms with E-state index in [-0.39, 0.29) is 11.7 Å². The summed E-state index contributed by atoms with van der Waals surface area (Å²) in [6.45, 7) is 2.81. The van der Waals surface area contributed by atoms with E-state index < -0.39 is 0 Å². The Morgan fingerprint density at radius 3 is 2.53 bits per heavy atom. The van der Waals surface area contributed by atoms with Crippen LogP contribution < -0.4 is 11.1 Å². The van der Waals surface area contributed by atoms with Crippen LogP contribution in [0.3, 0.4) is 0 Å². The summed E-state index contributed by atoms with van der Waals surface area (Å²) >= 11 is 0. The van der Waals surface area contributed by atoms with E-state index in [1.54, 1.807) is 12.1 Å². The number of anilines is 1. The van der Waals surface area contributed by atoms with Gasteiger partial charge in [-0.1, -0.05) is 19.8 Å². The first-order chi connectivity index (χ1) is 9.15. The maximum atomic E-state index is 12.7. The highest BCUT2D eigenvalue weighted by Gasteiger charge is 2.10. The Bertz CT molecular complexity index is 372. The summed E-state index contributed by atoms with van der Waals surface area (Å²) in [6.07, 6.45) is 4.54. The number of carbonyl (C=O) groups is 1. The number of rotatable bonds is 8. The summed E-state index contributed by atoms with van der Waals surface area (Å²) in [4.78, 5) is 11.8. The highest BCUT2D eigenvalue weighted by Crippen LogP contribution is 2.17. The van der Waals surface area contributed by atoms with Crippen LogP contribution in [-0.2, 0) is 4.79 Å². The molecule has 106 valence electrons. The van der Waals surface area contributed by atoms with Crippen LogP contribution >= 0.6 is 0 Å². The molecule has 1 rings (SSSR count). The molecule has 0 saturated carbocycles. The molecule has 0 fully saturated rings. The van der Waals surface area contributed by atoms with Crippen LogP contribution in [-0.4, -0.2) is 12.5 Å². The summed E-state index contributed by atoms with van der Waals surface area (Å²) < 4.78 is 12.7. The fourth-order valence-corrected chi connectivity index (χ4v) is 2.17. The van der Waals surface area contributed by atoms with Crippen LogP contribution in [0.2, 0.25) is 0 Å². The standard InChI is InChI=1S/C15H23FN2O/c1-2-3-12(10-11-17)4-9-15(19)18-14-7-5-13(16)6-8-14/h5-8,12H,2-4,9-11,17H2,1H3,(H,18,19). The first-order valence-corrected chi connectivity index (χ1v) is 6.91. The molecule has 0 bridgehead atoms. The van der Waals surface area contributed by atoms with Crippen molar-refractivity contribution in [2.75, 3.05) is 11.9 Å². The second-order valence-electron chi connectivity index (χ2n) is 4.83. The van der Waals surface area contributed by atoms with Gasteiger partial charge in [-0.3, -0.25) is 4.79 Å². The molecular formula is C15H23FN2O. The van der Waals surface area contributed by atoms with Crippen LogP contribution in [0.25, 0.3) is 0 Å². The van der Waals surface area contributed by atoms with Crippen molar-refractivity contribution < 1.29 is 9.18 Å². The number of benzene rings is 1. The third kappa shape index (κ3) is 6.34. The SMILES string of the molecule is CCCC(CCN)CCC(=O)Nc1ccc(F)cc1. The maximum absolute atomic E-state index is 12.7. The maximum Gasteiger partial charge on any atom is 0.224 e. The molecule has 1 atom stereocenters. The van der Waals surface area contributed by atoms with Gasteiger partial charge in [-0.15, -0.1) is 0 Å². The largest absolute Gasteiger partial charge is 0.330 e. The van der Waals surface area contributed by atoms with Gasteiger partial charge in [-0.05, 0) is 49.6 Å². The van der Waals surface area contributed by atoms with Crippen LogP contribution in [0.1, 0.15) is 39.0 Å². The quantitative estimate of drug-likeness (QED) is 0.758. The van der Waals surface area contributed by atoms with Crippen molar-refractivity contribution in [3.8, 4) is 0 Å². The van der Waals surface area contributed by atoms with E-state index in [0.717, 1.165) is 25.7 Å². The number of carbonyl (C=O) groups excluding carboxylic acids is 1. The lowest BCUT2D eigenvalue weighted by Gasteiger charge is -2.14. The summed E-state index contributed by atoms with van der Waals surface area (Å²) in [5.41, 5.74) is 6.20. The molecule has 0 heterocycles. The average Bonchev–Trinajstić information content (AvgIpc) is 2.39. The zero-order valence-electron chi connectivity index (χ0n) is 11.5. The Morgan fingerprint density at radius 1 is 1.26 bits per heavy atom. The third-order valence-corrected chi connectivity index (χ3v) is 3.18. The van der Waals surface area contributed by atoms with Gasteiger partial charge in [0.15, 0.2) is 0 Å². The summed E-state index contributed by atoms with van der Waals surface area (Å²) in [7, 11) is 0. The molecule has 0 saturated heterocycles. The predicted molar refractivity (Wildman–Crippen MR) is 76.3 cm³/mol. The zero-order valence-corrected chi connectivity index (χ0v) is 11.5. The number of halogens is 1. The first kappa shape index (κ1) is 15.6. The van der Waals surface area contributed by atoms with Gasteiger partial charge in [0.25, 0.3) is 0 Å². The molecule has 0 spiro atoms. The van der Waals surface area contributed by atoms with E-state index in [2.05, 4.69) is 12.2 Å². The molecule has 0 aliphatic heterocycles. The molecule has 3 N–H and O–H groups in total. The molecule has 1 aromatic carbocycles. The van der Waals surface area contributed by atoms with Crippen molar-refractivity contribution in [2.24, 2.45) is 11.7 Å². The normalized spacial score (nSPS) is 12.2. The Balaban J connectivity index is 2.35. The number of hydrogen-bond acceptors (Lipinski definition) is 2. The Kier molecular flexibility index (Phi) is 7.11. The second kappa shape index (κ2) is 8.64. The van der Waals surface area contributed by atoms with E-state index in [0.29, 0.717) is 24.6 Å². The molecule has 0 aliphatic carbocycles. The van der Waals surface area contributed by atoms with Gasteiger partial charge < -0.3 is 11.1 Å². The van der Waals surface area contributed by atoms with E-state index in [1.807, 2.05) is 0 Å². The predicted octanol–water partition coefficient (Wildman–Crippen LogP) is 3.31. The van der Waals surface area contributed by atoms with Gasteiger partial charge in [0.2, 0.25) is 5.91 Å². The fraction of sp³-hybridized carbons (Fsp3) is 0.533. The average molecular weight is 266 g/mol. The van der Waals surface area contributed by atoms with E-state index >= 15 is 0 Å². The molecule has 0 radical (unpaired) electrons. The number of nitrogens with one attached hydrogen (secondary N) is 1. The molecule has 3 nitrogen and oxygen atoms in total. The van der Waals surface area contributed by atoms with Gasteiger partial charge in [0.1, 0.15) is 5.82 Å². The summed E-state index contributed by atoms with van der Waals surface area (Å²) in [6, 6.07) is 5.81. The van der Waals surface area contributed by atoms with Gasteiger partial charge >= 0.3 is 0 Å². The molecule has 0 aromatic heterocycles. The molecule has 1 unspecified atom stereocenters. The van der Waals surface area contributed by atoms with Crippen molar-refractivity contribution in [3.63, 3.8) is 0 Å². The minimum Gasteiger partial charge on any atom is -0.330 e. The van der Waals surface area contributed by atoms with Gasteiger partial charge in [-0.25, -0.2) is 4.39 Å². The molecule has 4 heteroatoms. The second-order valence-corrected chi connectivity index (χ2v) is 4.83. The van der Waals surface area contributed by atoms with E-state index in [1.165, 1.54) is 12.1 Å². The van der Waals surface area contributed by atoms with Gasteiger partial charge in [-0.2, -0.15) is 0 Å². The molecule has 1 amide bonds. The molecule has 1 aromatic rings. The number of nitrogens with two attached hydrogens (primary N) is 1. The Morgan fingerprint density at radius 2 is 1.95 bits per heavy atom. The number of hydrogen-bond donors (Lipinski definition) is 2. The smallest absolute Gasteiger partial charge is 0.224 e. The lowest BCUT2D eigenvalue weighted by molar-refractivity contribution is -0.116. The van der Waals surface area contributed by atoms with Crippen molar-refractivity contribution in [1.82, 2.24) is 0 Å². The van der Waals surface area contributed by atoms with Crippen LogP contribution in [0.15, 0.2) is 24.3 Å². The van der Waals surface area contributed by atoms with E-state index in [9.17, 15) is 9.18 Å². The Labute approximate surface area is 114 Å². The van der Waals surface area contributed by atoms with Crippen LogP contribution in [0.4, 0.5) is 10.1 Å². The molecule has 19 heavy (non-hydrogen) atoms. The minimum atomic E-state index is -0.302. The lowest BCUT2D eigenvalue weighted by atomic mass is 9.94. The van der Waals surface area contributed by atoms with Crippen molar-refractivity contribution in [1.29, 1.82) is 0 Å². The monoisotopic (exact) mass is 266 g/mol. The first-order valence-electron chi connectivity index (χ1n) is 6.91.